The van der Waals surface area contributed by atoms with Crippen molar-refractivity contribution in [3.8, 4) is 6.07 Å². The van der Waals surface area contributed by atoms with Gasteiger partial charge in [0, 0.05) is 9.13 Å². The molecule has 2 nitrogen and oxygen atoms in total. The molecule has 0 aliphatic heterocycles. The molecule has 0 fully saturated rings. The van der Waals surface area contributed by atoms with Gasteiger partial charge >= 0.3 is 0 Å². The molecular formula is C10H7ClINO. The molecule has 0 aromatic heterocycles. The van der Waals surface area contributed by atoms with Gasteiger partial charge in [0.15, 0.2) is 5.78 Å². The summed E-state index contributed by atoms with van der Waals surface area (Å²) in [5.74, 6) is -0.145. The lowest BCUT2D eigenvalue weighted by molar-refractivity contribution is 0.0991. The summed E-state index contributed by atoms with van der Waals surface area (Å²) in [6, 6.07) is 6.98. The zero-order valence-electron chi connectivity index (χ0n) is 7.42. The van der Waals surface area contributed by atoms with Crippen LogP contribution in [-0.4, -0.2) is 11.2 Å². The first-order valence-corrected chi connectivity index (χ1v) is 5.45. The Labute approximate surface area is 101 Å². The number of carbonyl (C=O) groups is 1. The van der Waals surface area contributed by atoms with Crippen LogP contribution in [-0.2, 0) is 0 Å². The predicted molar refractivity (Wildman–Crippen MR) is 63.5 cm³/mol. The first kappa shape index (κ1) is 11.5. The fourth-order valence-electron chi connectivity index (χ4n) is 0.998. The molecule has 1 rings (SSSR count). The molecule has 0 aliphatic carbocycles. The van der Waals surface area contributed by atoms with Gasteiger partial charge in [0.2, 0.25) is 0 Å². The molecule has 0 amide bonds. The van der Waals surface area contributed by atoms with E-state index in [-0.39, 0.29) is 5.78 Å². The Bertz CT molecular complexity index is 409. The van der Waals surface area contributed by atoms with Crippen LogP contribution in [0.5, 0.6) is 0 Å². The lowest BCUT2D eigenvalue weighted by Crippen LogP contribution is -2.12. The lowest BCUT2D eigenvalue weighted by Gasteiger charge is -2.05. The molecule has 4 heteroatoms. The SMILES string of the molecule is CC(Cl)C(=O)c1cc(C#N)ccc1I. The second-order valence-electron chi connectivity index (χ2n) is 2.79. The maximum absolute atomic E-state index is 11.6. The Hall–Kier alpha value is -0.600. The van der Waals surface area contributed by atoms with Gasteiger partial charge in [-0.15, -0.1) is 11.6 Å². The molecule has 0 aliphatic rings. The summed E-state index contributed by atoms with van der Waals surface area (Å²) in [6.07, 6.45) is 0. The predicted octanol–water partition coefficient (Wildman–Crippen LogP) is 2.97. The molecule has 0 bridgehead atoms. The van der Waals surface area contributed by atoms with Crippen molar-refractivity contribution in [3.05, 3.63) is 32.9 Å². The van der Waals surface area contributed by atoms with Crippen molar-refractivity contribution in [2.75, 3.05) is 0 Å². The minimum Gasteiger partial charge on any atom is -0.292 e. The van der Waals surface area contributed by atoms with Crippen LogP contribution >= 0.6 is 34.2 Å². The summed E-state index contributed by atoms with van der Waals surface area (Å²) < 4.78 is 0.819. The van der Waals surface area contributed by atoms with Crippen LogP contribution in [0.3, 0.4) is 0 Å². The Kier molecular flexibility index (Phi) is 3.90. The number of Topliss-reactive ketones (excluding diaryl/α,β-unsaturated/α-hetero) is 1. The summed E-state index contributed by atoms with van der Waals surface area (Å²) in [4.78, 5) is 11.6. The first-order valence-electron chi connectivity index (χ1n) is 3.94. The molecule has 72 valence electrons. The van der Waals surface area contributed by atoms with E-state index in [1.165, 1.54) is 0 Å². The van der Waals surface area contributed by atoms with Crippen LogP contribution in [0.2, 0.25) is 0 Å². The van der Waals surface area contributed by atoms with Gasteiger partial charge in [0.1, 0.15) is 0 Å². The molecule has 0 radical (unpaired) electrons. The number of benzene rings is 1. The summed E-state index contributed by atoms with van der Waals surface area (Å²) in [7, 11) is 0. The van der Waals surface area contributed by atoms with Gasteiger partial charge in [-0.05, 0) is 47.7 Å². The van der Waals surface area contributed by atoms with Gasteiger partial charge in [0.05, 0.1) is 17.0 Å². The Morgan fingerprint density at radius 1 is 1.64 bits per heavy atom. The zero-order chi connectivity index (χ0) is 10.7. The van der Waals surface area contributed by atoms with Crippen LogP contribution in [0.15, 0.2) is 18.2 Å². The van der Waals surface area contributed by atoms with Crippen molar-refractivity contribution in [1.82, 2.24) is 0 Å². The fraction of sp³-hybridized carbons (Fsp3) is 0.200. The van der Waals surface area contributed by atoms with E-state index in [4.69, 9.17) is 16.9 Å². The smallest absolute Gasteiger partial charge is 0.181 e. The number of nitrogens with zero attached hydrogens (tertiary/aromatic N) is 1. The zero-order valence-corrected chi connectivity index (χ0v) is 10.3. The third-order valence-corrected chi connectivity index (χ3v) is 2.86. The van der Waals surface area contributed by atoms with Crippen molar-refractivity contribution >= 4 is 40.0 Å². The Morgan fingerprint density at radius 3 is 2.79 bits per heavy atom. The standard InChI is InChI=1S/C10H7ClINO/c1-6(11)10(14)8-4-7(5-13)2-3-9(8)12/h2-4,6H,1H3. The number of hydrogen-bond acceptors (Lipinski definition) is 2. The highest BCUT2D eigenvalue weighted by molar-refractivity contribution is 14.1. The van der Waals surface area contributed by atoms with Gasteiger partial charge in [-0.2, -0.15) is 5.26 Å². The summed E-state index contributed by atoms with van der Waals surface area (Å²) in [5.41, 5.74) is 0.998. The van der Waals surface area contributed by atoms with E-state index < -0.39 is 5.38 Å². The molecule has 0 saturated carbocycles. The average molecular weight is 320 g/mol. The molecule has 1 aromatic rings. The average Bonchev–Trinajstić information content (AvgIpc) is 2.17. The Morgan fingerprint density at radius 2 is 2.29 bits per heavy atom. The van der Waals surface area contributed by atoms with Crippen molar-refractivity contribution in [3.63, 3.8) is 0 Å². The van der Waals surface area contributed by atoms with Crippen molar-refractivity contribution in [2.24, 2.45) is 0 Å². The third-order valence-electron chi connectivity index (χ3n) is 1.72. The molecule has 0 saturated heterocycles. The number of rotatable bonds is 2. The molecule has 0 heterocycles. The first-order chi connectivity index (χ1) is 6.56. The third kappa shape index (κ3) is 2.46. The fourth-order valence-corrected chi connectivity index (χ4v) is 1.72. The number of carbonyl (C=O) groups excluding carboxylic acids is 1. The second-order valence-corrected chi connectivity index (χ2v) is 4.60. The van der Waals surface area contributed by atoms with Gasteiger partial charge in [-0.1, -0.05) is 0 Å². The van der Waals surface area contributed by atoms with Crippen LogP contribution in [0.4, 0.5) is 0 Å². The maximum atomic E-state index is 11.6. The van der Waals surface area contributed by atoms with Gasteiger partial charge in [-0.25, -0.2) is 0 Å². The van der Waals surface area contributed by atoms with Crippen molar-refractivity contribution in [1.29, 1.82) is 5.26 Å². The molecule has 1 atom stereocenters. The highest BCUT2D eigenvalue weighted by Gasteiger charge is 2.15. The quantitative estimate of drug-likeness (QED) is 0.478. The molecule has 0 spiro atoms. The minimum absolute atomic E-state index is 0.145. The monoisotopic (exact) mass is 319 g/mol. The van der Waals surface area contributed by atoms with Gasteiger partial charge < -0.3 is 0 Å². The van der Waals surface area contributed by atoms with E-state index in [0.29, 0.717) is 11.1 Å². The van der Waals surface area contributed by atoms with Crippen LogP contribution in [0.1, 0.15) is 22.8 Å². The number of alkyl halides is 1. The van der Waals surface area contributed by atoms with E-state index in [2.05, 4.69) is 22.6 Å². The Balaban J connectivity index is 3.21. The van der Waals surface area contributed by atoms with E-state index in [1.807, 2.05) is 6.07 Å². The van der Waals surface area contributed by atoms with Crippen molar-refractivity contribution < 1.29 is 4.79 Å². The topological polar surface area (TPSA) is 40.9 Å². The number of hydrogen-bond donors (Lipinski definition) is 0. The van der Waals surface area contributed by atoms with E-state index in [0.717, 1.165) is 3.57 Å². The van der Waals surface area contributed by atoms with Gasteiger partial charge in [-0.3, -0.25) is 4.79 Å². The highest BCUT2D eigenvalue weighted by Crippen LogP contribution is 2.17. The highest BCUT2D eigenvalue weighted by atomic mass is 127. The van der Waals surface area contributed by atoms with Crippen LogP contribution < -0.4 is 0 Å². The van der Waals surface area contributed by atoms with Crippen LogP contribution in [0.25, 0.3) is 0 Å². The van der Waals surface area contributed by atoms with Crippen LogP contribution in [0, 0.1) is 14.9 Å². The number of ketones is 1. The number of halogens is 2. The summed E-state index contributed by atoms with van der Waals surface area (Å²) in [6.45, 7) is 1.62. The van der Waals surface area contributed by atoms with E-state index in [9.17, 15) is 4.79 Å². The van der Waals surface area contributed by atoms with E-state index in [1.54, 1.807) is 25.1 Å². The summed E-state index contributed by atoms with van der Waals surface area (Å²) in [5, 5.41) is 8.12. The van der Waals surface area contributed by atoms with Gasteiger partial charge in [0.25, 0.3) is 0 Å². The molecule has 1 unspecified atom stereocenters. The normalized spacial score (nSPS) is 11.9. The molecule has 14 heavy (non-hydrogen) atoms. The van der Waals surface area contributed by atoms with E-state index >= 15 is 0 Å². The largest absolute Gasteiger partial charge is 0.292 e. The second kappa shape index (κ2) is 4.76. The molecular weight excluding hydrogens is 312 g/mol. The molecule has 1 aromatic carbocycles. The van der Waals surface area contributed by atoms with Crippen molar-refractivity contribution in [2.45, 2.75) is 12.3 Å². The lowest BCUT2D eigenvalue weighted by atomic mass is 10.1. The summed E-state index contributed by atoms with van der Waals surface area (Å²) >= 11 is 7.75. The number of nitriles is 1. The maximum Gasteiger partial charge on any atom is 0.181 e. The molecule has 0 N–H and O–H groups in total. The minimum atomic E-state index is -0.558.